The monoisotopic (exact) mass is 266 g/mol. The van der Waals surface area contributed by atoms with Crippen LogP contribution in [0.2, 0.25) is 4.34 Å². The standard InChI is InChI=1S/C8H8ClFN2O3S/c1-4-11-5(7(9)16-4)6(8(13)14)12-15-3-2-10/h2-3H2,1H3,(H,13,14)/b12-6+. The number of thiazole rings is 1. The minimum absolute atomic E-state index is 0.0375. The summed E-state index contributed by atoms with van der Waals surface area (Å²) in [7, 11) is 0. The van der Waals surface area contributed by atoms with E-state index < -0.39 is 18.4 Å². The highest BCUT2D eigenvalue weighted by Gasteiger charge is 2.21. The fraction of sp³-hybridized carbons (Fsp3) is 0.375. The van der Waals surface area contributed by atoms with E-state index in [9.17, 15) is 9.18 Å². The number of alkyl halides is 1. The van der Waals surface area contributed by atoms with Crippen LogP contribution in [0.25, 0.3) is 0 Å². The lowest BCUT2D eigenvalue weighted by atomic mass is 10.3. The van der Waals surface area contributed by atoms with Gasteiger partial charge in [0.1, 0.15) is 23.3 Å². The predicted molar refractivity (Wildman–Crippen MR) is 58.0 cm³/mol. The van der Waals surface area contributed by atoms with Crippen LogP contribution >= 0.6 is 22.9 Å². The quantitative estimate of drug-likeness (QED) is 0.502. The first kappa shape index (κ1) is 12.9. The molecule has 0 radical (unpaired) electrons. The van der Waals surface area contributed by atoms with Gasteiger partial charge in [-0.25, -0.2) is 14.2 Å². The van der Waals surface area contributed by atoms with Gasteiger partial charge in [0.05, 0.1) is 5.01 Å². The Balaban J connectivity index is 2.98. The average molecular weight is 267 g/mol. The van der Waals surface area contributed by atoms with Gasteiger partial charge in [-0.3, -0.25) is 0 Å². The molecule has 0 saturated heterocycles. The molecule has 1 heterocycles. The molecule has 1 N–H and O–H groups in total. The van der Waals surface area contributed by atoms with E-state index in [-0.39, 0.29) is 16.6 Å². The molecule has 0 saturated carbocycles. The van der Waals surface area contributed by atoms with E-state index in [0.717, 1.165) is 11.3 Å². The molecule has 0 aliphatic rings. The van der Waals surface area contributed by atoms with E-state index in [1.807, 2.05) is 0 Å². The van der Waals surface area contributed by atoms with Crippen molar-refractivity contribution in [1.82, 2.24) is 4.98 Å². The normalized spacial score (nSPS) is 11.6. The maximum atomic E-state index is 11.7. The molecule has 1 aromatic heterocycles. The number of carbonyl (C=O) groups is 1. The second-order valence-corrected chi connectivity index (χ2v) is 4.43. The number of carboxylic acid groups (broad SMARTS) is 1. The van der Waals surface area contributed by atoms with E-state index in [1.165, 1.54) is 0 Å². The SMILES string of the molecule is Cc1nc(/C(=N\OCCF)C(=O)O)c(Cl)s1. The third-order valence-corrected chi connectivity index (χ3v) is 2.61. The Morgan fingerprint density at radius 3 is 2.88 bits per heavy atom. The molecule has 0 spiro atoms. The van der Waals surface area contributed by atoms with Gasteiger partial charge in [-0.1, -0.05) is 16.8 Å². The molecule has 1 aromatic rings. The average Bonchev–Trinajstić information content (AvgIpc) is 2.52. The Bertz CT molecular complexity index is 421. The number of oxime groups is 1. The molecule has 88 valence electrons. The lowest BCUT2D eigenvalue weighted by Crippen LogP contribution is -2.16. The Morgan fingerprint density at radius 1 is 1.75 bits per heavy atom. The zero-order chi connectivity index (χ0) is 12.1. The molecule has 5 nitrogen and oxygen atoms in total. The molecule has 1 rings (SSSR count). The Kier molecular flexibility index (Phi) is 4.63. The summed E-state index contributed by atoms with van der Waals surface area (Å²) >= 11 is 6.91. The van der Waals surface area contributed by atoms with E-state index in [1.54, 1.807) is 6.92 Å². The summed E-state index contributed by atoms with van der Waals surface area (Å²) in [6, 6.07) is 0. The fourth-order valence-corrected chi connectivity index (χ4v) is 1.98. The minimum atomic E-state index is -1.33. The zero-order valence-corrected chi connectivity index (χ0v) is 9.81. The van der Waals surface area contributed by atoms with Gasteiger partial charge >= 0.3 is 5.97 Å². The molecule has 0 amide bonds. The van der Waals surface area contributed by atoms with Gasteiger partial charge in [0.25, 0.3) is 0 Å². The molecular weight excluding hydrogens is 259 g/mol. The number of rotatable bonds is 5. The molecule has 0 unspecified atom stereocenters. The van der Waals surface area contributed by atoms with Crippen molar-refractivity contribution in [2.24, 2.45) is 5.16 Å². The van der Waals surface area contributed by atoms with Gasteiger partial charge in [-0.05, 0) is 6.92 Å². The van der Waals surface area contributed by atoms with Gasteiger partial charge < -0.3 is 9.94 Å². The summed E-state index contributed by atoms with van der Waals surface area (Å²) in [5.41, 5.74) is -0.390. The smallest absolute Gasteiger partial charge is 0.360 e. The highest BCUT2D eigenvalue weighted by atomic mass is 35.5. The fourth-order valence-electron chi connectivity index (χ4n) is 0.877. The first-order valence-corrected chi connectivity index (χ1v) is 5.38. The molecule has 0 bridgehead atoms. The van der Waals surface area contributed by atoms with Crippen molar-refractivity contribution < 1.29 is 19.1 Å². The van der Waals surface area contributed by atoms with Crippen LogP contribution in [-0.4, -0.2) is 35.1 Å². The molecule has 16 heavy (non-hydrogen) atoms. The van der Waals surface area contributed by atoms with Gasteiger partial charge in [0, 0.05) is 0 Å². The van der Waals surface area contributed by atoms with Gasteiger partial charge in [0.15, 0.2) is 0 Å². The number of hydrogen-bond donors (Lipinski definition) is 1. The molecule has 8 heteroatoms. The number of aromatic nitrogens is 1. The van der Waals surface area contributed by atoms with Crippen molar-refractivity contribution >= 4 is 34.6 Å². The third kappa shape index (κ3) is 3.14. The van der Waals surface area contributed by atoms with Crippen LogP contribution in [0.15, 0.2) is 5.16 Å². The maximum absolute atomic E-state index is 11.7. The molecule has 0 atom stereocenters. The first-order valence-electron chi connectivity index (χ1n) is 4.18. The van der Waals surface area contributed by atoms with Crippen molar-refractivity contribution in [1.29, 1.82) is 0 Å². The second-order valence-electron chi connectivity index (χ2n) is 2.62. The Labute approximate surface area is 99.5 Å². The number of hydrogen-bond acceptors (Lipinski definition) is 5. The number of aryl methyl sites for hydroxylation is 1. The van der Waals surface area contributed by atoms with Crippen LogP contribution in [0.1, 0.15) is 10.7 Å². The van der Waals surface area contributed by atoms with Crippen LogP contribution in [-0.2, 0) is 9.63 Å². The molecule has 0 aliphatic heterocycles. The molecular formula is C8H8ClFN2O3S. The molecule has 0 fully saturated rings. The van der Waals surface area contributed by atoms with Crippen molar-refractivity contribution in [3.8, 4) is 0 Å². The van der Waals surface area contributed by atoms with E-state index >= 15 is 0 Å². The highest BCUT2D eigenvalue weighted by molar-refractivity contribution is 7.16. The minimum Gasteiger partial charge on any atom is -0.476 e. The zero-order valence-electron chi connectivity index (χ0n) is 8.24. The van der Waals surface area contributed by atoms with Crippen LogP contribution in [0.5, 0.6) is 0 Å². The summed E-state index contributed by atoms with van der Waals surface area (Å²) in [4.78, 5) is 19.2. The van der Waals surface area contributed by atoms with Crippen LogP contribution < -0.4 is 0 Å². The van der Waals surface area contributed by atoms with Crippen LogP contribution in [0, 0.1) is 6.92 Å². The van der Waals surface area contributed by atoms with Crippen molar-refractivity contribution in [3.05, 3.63) is 15.0 Å². The number of carboxylic acids is 1. The highest BCUT2D eigenvalue weighted by Crippen LogP contribution is 2.24. The predicted octanol–water partition coefficient (Wildman–Crippen LogP) is 1.88. The van der Waals surface area contributed by atoms with Crippen molar-refractivity contribution in [2.45, 2.75) is 6.92 Å². The molecule has 0 aliphatic carbocycles. The van der Waals surface area contributed by atoms with E-state index in [0.29, 0.717) is 5.01 Å². The van der Waals surface area contributed by atoms with Crippen LogP contribution in [0.3, 0.4) is 0 Å². The lowest BCUT2D eigenvalue weighted by Gasteiger charge is -1.98. The third-order valence-electron chi connectivity index (χ3n) is 1.44. The number of aliphatic carboxylic acids is 1. The summed E-state index contributed by atoms with van der Waals surface area (Å²) in [6.45, 7) is 0.625. The largest absolute Gasteiger partial charge is 0.476 e. The van der Waals surface area contributed by atoms with Crippen molar-refractivity contribution in [3.63, 3.8) is 0 Å². The summed E-state index contributed by atoms with van der Waals surface area (Å²) in [6.07, 6.45) is 0. The molecule has 0 aromatic carbocycles. The second kappa shape index (κ2) is 5.76. The van der Waals surface area contributed by atoms with E-state index in [2.05, 4.69) is 15.0 Å². The van der Waals surface area contributed by atoms with Gasteiger partial charge in [0.2, 0.25) is 5.71 Å². The van der Waals surface area contributed by atoms with Gasteiger partial charge in [-0.2, -0.15) is 0 Å². The van der Waals surface area contributed by atoms with Crippen molar-refractivity contribution in [2.75, 3.05) is 13.3 Å². The van der Waals surface area contributed by atoms with Crippen LogP contribution in [0.4, 0.5) is 4.39 Å². The summed E-state index contributed by atoms with van der Waals surface area (Å²) < 4.78 is 12.0. The Hall–Kier alpha value is -1.21. The summed E-state index contributed by atoms with van der Waals surface area (Å²) in [5, 5.41) is 12.8. The topological polar surface area (TPSA) is 71.8 Å². The first-order chi connectivity index (χ1) is 7.56. The lowest BCUT2D eigenvalue weighted by molar-refractivity contribution is -0.129. The maximum Gasteiger partial charge on any atom is 0.360 e. The Morgan fingerprint density at radius 2 is 2.44 bits per heavy atom. The number of halogens is 2. The van der Waals surface area contributed by atoms with E-state index in [4.69, 9.17) is 16.7 Å². The summed E-state index contributed by atoms with van der Waals surface area (Å²) in [5.74, 6) is -1.33. The number of nitrogens with zero attached hydrogens (tertiary/aromatic N) is 2. The van der Waals surface area contributed by atoms with Gasteiger partial charge in [-0.15, -0.1) is 11.3 Å².